The van der Waals surface area contributed by atoms with Gasteiger partial charge < -0.3 is 10.2 Å². The van der Waals surface area contributed by atoms with Crippen LogP contribution in [0.5, 0.6) is 0 Å². The Labute approximate surface area is 155 Å². The van der Waals surface area contributed by atoms with Gasteiger partial charge in [0.2, 0.25) is 11.8 Å². The van der Waals surface area contributed by atoms with Crippen molar-refractivity contribution >= 4 is 23.2 Å². The van der Waals surface area contributed by atoms with Crippen molar-refractivity contribution in [3.8, 4) is 0 Å². The van der Waals surface area contributed by atoms with Crippen LogP contribution in [0.25, 0.3) is 0 Å². The molecule has 142 valence electrons. The molecule has 3 rings (SSSR count). The Bertz CT molecular complexity index is 873. The Morgan fingerprint density at radius 2 is 1.70 bits per heavy atom. The van der Waals surface area contributed by atoms with Gasteiger partial charge in [0.15, 0.2) is 0 Å². The van der Waals surface area contributed by atoms with Gasteiger partial charge in [0.25, 0.3) is 0 Å². The van der Waals surface area contributed by atoms with Crippen LogP contribution in [0.4, 0.5) is 24.5 Å². The average molecular weight is 376 g/mol. The summed E-state index contributed by atoms with van der Waals surface area (Å²) in [5.41, 5.74) is 1.37. The minimum absolute atomic E-state index is 0.0339. The van der Waals surface area contributed by atoms with Crippen LogP contribution in [0.1, 0.15) is 23.1 Å². The van der Waals surface area contributed by atoms with Gasteiger partial charge >= 0.3 is 6.18 Å². The number of carbonyl (C=O) groups is 2. The van der Waals surface area contributed by atoms with Gasteiger partial charge in [0.05, 0.1) is 17.2 Å². The van der Waals surface area contributed by atoms with Gasteiger partial charge in [-0.05, 0) is 37.1 Å². The number of benzene rings is 2. The molecule has 0 aromatic heterocycles. The second kappa shape index (κ2) is 7.06. The Morgan fingerprint density at radius 1 is 1.07 bits per heavy atom. The van der Waals surface area contributed by atoms with Crippen LogP contribution in [0.2, 0.25) is 0 Å². The minimum atomic E-state index is -4.57. The predicted octanol–water partition coefficient (Wildman–Crippen LogP) is 4.31. The van der Waals surface area contributed by atoms with Crippen LogP contribution in [0.15, 0.2) is 42.5 Å². The Morgan fingerprint density at radius 3 is 2.33 bits per heavy atom. The monoisotopic (exact) mass is 376 g/mol. The molecular weight excluding hydrogens is 357 g/mol. The van der Waals surface area contributed by atoms with Gasteiger partial charge in [-0.3, -0.25) is 9.59 Å². The lowest BCUT2D eigenvalue weighted by atomic mass is 10.1. The summed E-state index contributed by atoms with van der Waals surface area (Å²) in [6.07, 6.45) is -4.60. The van der Waals surface area contributed by atoms with Gasteiger partial charge in [-0.1, -0.05) is 30.3 Å². The van der Waals surface area contributed by atoms with Gasteiger partial charge in [0.1, 0.15) is 0 Å². The van der Waals surface area contributed by atoms with E-state index in [0.29, 0.717) is 0 Å². The first kappa shape index (κ1) is 18.9. The lowest BCUT2D eigenvalue weighted by Crippen LogP contribution is -2.29. The summed E-state index contributed by atoms with van der Waals surface area (Å²) in [5.74, 6) is -1.51. The Hall–Kier alpha value is -2.83. The van der Waals surface area contributed by atoms with Crippen molar-refractivity contribution in [1.29, 1.82) is 0 Å². The summed E-state index contributed by atoms with van der Waals surface area (Å²) < 4.78 is 39.3. The molecule has 0 aliphatic carbocycles. The molecule has 0 bridgehead atoms. The van der Waals surface area contributed by atoms with E-state index in [2.05, 4.69) is 5.32 Å². The van der Waals surface area contributed by atoms with E-state index in [9.17, 15) is 22.8 Å². The van der Waals surface area contributed by atoms with Gasteiger partial charge in [-0.15, -0.1) is 0 Å². The zero-order chi connectivity index (χ0) is 19.8. The number of nitrogens with zero attached hydrogens (tertiary/aromatic N) is 1. The van der Waals surface area contributed by atoms with E-state index >= 15 is 0 Å². The second-order valence-electron chi connectivity index (χ2n) is 6.68. The molecule has 1 aliphatic heterocycles. The zero-order valence-electron chi connectivity index (χ0n) is 14.9. The molecule has 1 aliphatic rings. The number of carbonyl (C=O) groups excluding carboxylic acids is 2. The number of hydrogen-bond donors (Lipinski definition) is 1. The molecule has 2 amide bonds. The lowest BCUT2D eigenvalue weighted by Gasteiger charge is -2.21. The average Bonchev–Trinajstić information content (AvgIpc) is 2.96. The number of alkyl halides is 3. The molecule has 7 heteroatoms. The highest BCUT2D eigenvalue weighted by Crippen LogP contribution is 2.36. The SMILES string of the molecule is Cc1cccc(C)c1N1CC(C(=O)Nc2ccccc2C(F)(F)F)CC1=O. The molecule has 1 heterocycles. The van der Waals surface area contributed by atoms with Crippen molar-refractivity contribution < 1.29 is 22.8 Å². The van der Waals surface area contributed by atoms with Gasteiger partial charge in [0, 0.05) is 18.7 Å². The summed E-state index contributed by atoms with van der Waals surface area (Å²) in [7, 11) is 0. The summed E-state index contributed by atoms with van der Waals surface area (Å²) in [6.45, 7) is 3.90. The highest BCUT2D eigenvalue weighted by atomic mass is 19.4. The number of anilines is 2. The Balaban J connectivity index is 1.80. The molecule has 2 aromatic carbocycles. The first-order valence-corrected chi connectivity index (χ1v) is 8.52. The fourth-order valence-corrected chi connectivity index (χ4v) is 3.40. The highest BCUT2D eigenvalue weighted by molar-refractivity contribution is 6.04. The molecule has 4 nitrogen and oxygen atoms in total. The lowest BCUT2D eigenvalue weighted by molar-refractivity contribution is -0.137. The Kier molecular flexibility index (Phi) is 4.95. The van der Waals surface area contributed by atoms with Crippen LogP contribution < -0.4 is 10.2 Å². The van der Waals surface area contributed by atoms with Crippen molar-refractivity contribution in [2.24, 2.45) is 5.92 Å². The standard InChI is InChI=1S/C20H19F3N2O2/c1-12-6-5-7-13(2)18(12)25-11-14(10-17(25)26)19(27)24-16-9-4-3-8-15(16)20(21,22)23/h3-9,14H,10-11H2,1-2H3,(H,24,27). The summed E-state index contributed by atoms with van der Waals surface area (Å²) in [4.78, 5) is 26.5. The number of hydrogen-bond acceptors (Lipinski definition) is 2. The predicted molar refractivity (Wildman–Crippen MR) is 96.4 cm³/mol. The second-order valence-corrected chi connectivity index (χ2v) is 6.68. The van der Waals surface area contributed by atoms with Crippen LogP contribution in [0, 0.1) is 19.8 Å². The van der Waals surface area contributed by atoms with E-state index in [1.165, 1.54) is 18.2 Å². The van der Waals surface area contributed by atoms with E-state index in [1.807, 2.05) is 32.0 Å². The highest BCUT2D eigenvalue weighted by Gasteiger charge is 2.38. The molecule has 2 aromatic rings. The number of halogens is 3. The number of aryl methyl sites for hydroxylation is 2. The van der Waals surface area contributed by atoms with Gasteiger partial charge in [-0.2, -0.15) is 13.2 Å². The fraction of sp³-hybridized carbons (Fsp3) is 0.300. The molecule has 1 N–H and O–H groups in total. The molecule has 27 heavy (non-hydrogen) atoms. The number of amides is 2. The van der Waals surface area contributed by atoms with Crippen LogP contribution in [-0.2, 0) is 15.8 Å². The molecule has 1 unspecified atom stereocenters. The van der Waals surface area contributed by atoms with Crippen molar-refractivity contribution in [1.82, 2.24) is 0 Å². The third kappa shape index (κ3) is 3.82. The largest absolute Gasteiger partial charge is 0.418 e. The molecule has 0 radical (unpaired) electrons. The maximum absolute atomic E-state index is 13.1. The number of para-hydroxylation sites is 2. The van der Waals surface area contributed by atoms with Crippen LogP contribution in [0.3, 0.4) is 0 Å². The number of nitrogens with one attached hydrogen (secondary N) is 1. The minimum Gasteiger partial charge on any atom is -0.325 e. The molecule has 0 spiro atoms. The van der Waals surface area contributed by atoms with E-state index in [4.69, 9.17) is 0 Å². The molecule has 1 fully saturated rings. The molecule has 1 saturated heterocycles. The summed E-state index contributed by atoms with van der Waals surface area (Å²) >= 11 is 0. The van der Waals surface area contributed by atoms with Crippen molar-refractivity contribution in [2.45, 2.75) is 26.4 Å². The first-order valence-electron chi connectivity index (χ1n) is 8.52. The van der Waals surface area contributed by atoms with E-state index < -0.39 is 23.6 Å². The molecule has 1 atom stereocenters. The third-order valence-electron chi connectivity index (χ3n) is 4.70. The third-order valence-corrected chi connectivity index (χ3v) is 4.70. The van der Waals surface area contributed by atoms with E-state index in [-0.39, 0.29) is 24.6 Å². The van der Waals surface area contributed by atoms with E-state index in [0.717, 1.165) is 22.9 Å². The zero-order valence-corrected chi connectivity index (χ0v) is 14.9. The smallest absolute Gasteiger partial charge is 0.325 e. The summed E-state index contributed by atoms with van der Waals surface area (Å²) in [6, 6.07) is 10.4. The fourth-order valence-electron chi connectivity index (χ4n) is 3.40. The first-order chi connectivity index (χ1) is 12.7. The van der Waals surface area contributed by atoms with Gasteiger partial charge in [-0.25, -0.2) is 0 Å². The quantitative estimate of drug-likeness (QED) is 0.868. The maximum atomic E-state index is 13.1. The number of rotatable bonds is 3. The molecule has 0 saturated carbocycles. The van der Waals surface area contributed by atoms with Crippen molar-refractivity contribution in [3.63, 3.8) is 0 Å². The maximum Gasteiger partial charge on any atom is 0.418 e. The molecular formula is C20H19F3N2O2. The van der Waals surface area contributed by atoms with Crippen LogP contribution in [-0.4, -0.2) is 18.4 Å². The van der Waals surface area contributed by atoms with E-state index in [1.54, 1.807) is 4.90 Å². The normalized spacial score (nSPS) is 17.3. The summed E-state index contributed by atoms with van der Waals surface area (Å²) in [5, 5.41) is 2.34. The topological polar surface area (TPSA) is 49.4 Å². The van der Waals surface area contributed by atoms with Crippen LogP contribution >= 0.6 is 0 Å². The van der Waals surface area contributed by atoms with Crippen molar-refractivity contribution in [2.75, 3.05) is 16.8 Å². The van der Waals surface area contributed by atoms with Crippen molar-refractivity contribution in [3.05, 3.63) is 59.2 Å².